The van der Waals surface area contributed by atoms with Crippen molar-refractivity contribution < 1.29 is 18.7 Å². The highest BCUT2D eigenvalue weighted by molar-refractivity contribution is 5.93. The van der Waals surface area contributed by atoms with Crippen molar-refractivity contribution in [2.45, 2.75) is 46.5 Å². The summed E-state index contributed by atoms with van der Waals surface area (Å²) in [5.41, 5.74) is 3.31. The SMILES string of the molecule is CCc1cc(=O)oc2c(C)c(OCC(=O)Nc3cc(C(C)(C)C)ccc3OC)ccc12. The Kier molecular flexibility index (Phi) is 6.39. The molecule has 0 atom stereocenters. The van der Waals surface area contributed by atoms with Crippen molar-refractivity contribution in [2.24, 2.45) is 0 Å². The molecule has 0 saturated heterocycles. The second-order valence-electron chi connectivity index (χ2n) is 8.51. The molecule has 0 bridgehead atoms. The molecule has 2 aromatic carbocycles. The van der Waals surface area contributed by atoms with Crippen molar-refractivity contribution in [2.75, 3.05) is 19.0 Å². The lowest BCUT2D eigenvalue weighted by Gasteiger charge is -2.21. The first-order chi connectivity index (χ1) is 14.6. The Morgan fingerprint density at radius 3 is 2.45 bits per heavy atom. The highest BCUT2D eigenvalue weighted by Gasteiger charge is 2.18. The highest BCUT2D eigenvalue weighted by Crippen LogP contribution is 2.32. The van der Waals surface area contributed by atoms with Gasteiger partial charge in [0, 0.05) is 17.0 Å². The highest BCUT2D eigenvalue weighted by atomic mass is 16.5. The van der Waals surface area contributed by atoms with E-state index in [0.29, 0.717) is 28.3 Å². The molecule has 0 fully saturated rings. The Morgan fingerprint density at radius 2 is 1.81 bits per heavy atom. The fourth-order valence-corrected chi connectivity index (χ4v) is 3.46. The van der Waals surface area contributed by atoms with E-state index in [1.807, 2.05) is 38.1 Å². The van der Waals surface area contributed by atoms with E-state index in [0.717, 1.165) is 22.9 Å². The smallest absolute Gasteiger partial charge is 0.336 e. The van der Waals surface area contributed by atoms with Gasteiger partial charge in [-0.05, 0) is 54.2 Å². The fourth-order valence-electron chi connectivity index (χ4n) is 3.46. The maximum absolute atomic E-state index is 12.6. The van der Waals surface area contributed by atoms with Crippen LogP contribution in [0.3, 0.4) is 0 Å². The molecule has 3 aromatic rings. The Hall–Kier alpha value is -3.28. The number of methoxy groups -OCH3 is 1. The van der Waals surface area contributed by atoms with Crippen LogP contribution in [0.1, 0.15) is 44.4 Å². The van der Waals surface area contributed by atoms with Crippen LogP contribution in [0.5, 0.6) is 11.5 Å². The Balaban J connectivity index is 1.79. The summed E-state index contributed by atoms with van der Waals surface area (Å²) in [7, 11) is 1.56. The van der Waals surface area contributed by atoms with Gasteiger partial charge in [-0.1, -0.05) is 33.8 Å². The number of nitrogens with one attached hydrogen (secondary N) is 1. The van der Waals surface area contributed by atoms with Gasteiger partial charge in [0.25, 0.3) is 5.91 Å². The lowest BCUT2D eigenvalue weighted by molar-refractivity contribution is -0.118. The molecule has 1 N–H and O–H groups in total. The Labute approximate surface area is 182 Å². The number of rotatable bonds is 6. The molecular weight excluding hydrogens is 394 g/mol. The number of benzene rings is 2. The largest absolute Gasteiger partial charge is 0.495 e. The van der Waals surface area contributed by atoms with Crippen LogP contribution in [-0.2, 0) is 16.6 Å². The average molecular weight is 424 g/mol. The first-order valence-electron chi connectivity index (χ1n) is 10.3. The van der Waals surface area contributed by atoms with Crippen LogP contribution in [0.25, 0.3) is 11.0 Å². The number of fused-ring (bicyclic) bond motifs is 1. The molecule has 0 radical (unpaired) electrons. The Morgan fingerprint density at radius 1 is 1.10 bits per heavy atom. The van der Waals surface area contributed by atoms with Crippen molar-refractivity contribution in [3.8, 4) is 11.5 Å². The number of aryl methyl sites for hydroxylation is 2. The van der Waals surface area contributed by atoms with Gasteiger partial charge in [-0.15, -0.1) is 0 Å². The number of hydrogen-bond donors (Lipinski definition) is 1. The third-order valence-electron chi connectivity index (χ3n) is 5.28. The first-order valence-corrected chi connectivity index (χ1v) is 10.3. The molecule has 3 rings (SSSR count). The van der Waals surface area contributed by atoms with Gasteiger partial charge in [0.05, 0.1) is 12.8 Å². The second-order valence-corrected chi connectivity index (χ2v) is 8.51. The monoisotopic (exact) mass is 423 g/mol. The molecule has 0 saturated carbocycles. The molecule has 0 aliphatic carbocycles. The van der Waals surface area contributed by atoms with Gasteiger partial charge in [-0.3, -0.25) is 4.79 Å². The van der Waals surface area contributed by atoms with Gasteiger partial charge in [-0.2, -0.15) is 0 Å². The zero-order chi connectivity index (χ0) is 22.8. The molecular formula is C25H29NO5. The van der Waals surface area contributed by atoms with Gasteiger partial charge in [0.2, 0.25) is 0 Å². The number of amides is 1. The number of ether oxygens (including phenoxy) is 2. The molecule has 1 amide bonds. The van der Waals surface area contributed by atoms with E-state index < -0.39 is 5.63 Å². The van der Waals surface area contributed by atoms with Crippen LogP contribution < -0.4 is 20.4 Å². The van der Waals surface area contributed by atoms with E-state index in [-0.39, 0.29) is 17.9 Å². The summed E-state index contributed by atoms with van der Waals surface area (Å²) < 4.78 is 16.5. The molecule has 1 heterocycles. The second kappa shape index (κ2) is 8.84. The molecule has 6 heteroatoms. The minimum absolute atomic E-state index is 0.0638. The summed E-state index contributed by atoms with van der Waals surface area (Å²) in [5.74, 6) is 0.763. The maximum Gasteiger partial charge on any atom is 0.336 e. The topological polar surface area (TPSA) is 77.8 Å². The van der Waals surface area contributed by atoms with E-state index in [1.165, 1.54) is 6.07 Å². The predicted octanol–water partition coefficient (Wildman–Crippen LogP) is 4.99. The average Bonchev–Trinajstić information content (AvgIpc) is 2.72. The molecule has 0 spiro atoms. The van der Waals surface area contributed by atoms with Gasteiger partial charge in [-0.25, -0.2) is 4.79 Å². The van der Waals surface area contributed by atoms with E-state index in [4.69, 9.17) is 13.9 Å². The Bertz CT molecular complexity index is 1170. The number of carbonyl (C=O) groups is 1. The van der Waals surface area contributed by atoms with E-state index in [9.17, 15) is 9.59 Å². The predicted molar refractivity (Wildman–Crippen MR) is 122 cm³/mol. The summed E-state index contributed by atoms with van der Waals surface area (Å²) in [6.45, 7) is 9.93. The summed E-state index contributed by atoms with van der Waals surface area (Å²) >= 11 is 0. The normalized spacial score (nSPS) is 11.4. The summed E-state index contributed by atoms with van der Waals surface area (Å²) in [4.78, 5) is 24.5. The zero-order valence-electron chi connectivity index (χ0n) is 18.9. The van der Waals surface area contributed by atoms with Crippen molar-refractivity contribution in [3.05, 3.63) is 63.5 Å². The van der Waals surface area contributed by atoms with Crippen LogP contribution in [-0.4, -0.2) is 19.6 Å². The lowest BCUT2D eigenvalue weighted by Crippen LogP contribution is -2.21. The van der Waals surface area contributed by atoms with Crippen LogP contribution in [0.15, 0.2) is 45.6 Å². The molecule has 31 heavy (non-hydrogen) atoms. The first kappa shape index (κ1) is 22.4. The number of carbonyl (C=O) groups excluding carboxylic acids is 1. The molecule has 164 valence electrons. The van der Waals surface area contributed by atoms with Crippen molar-refractivity contribution in [3.63, 3.8) is 0 Å². The zero-order valence-corrected chi connectivity index (χ0v) is 18.9. The minimum atomic E-state index is -0.395. The summed E-state index contributed by atoms with van der Waals surface area (Å²) in [6.07, 6.45) is 0.722. The molecule has 0 aliphatic heterocycles. The quantitative estimate of drug-likeness (QED) is 0.565. The number of hydrogen-bond acceptors (Lipinski definition) is 5. The van der Waals surface area contributed by atoms with Crippen LogP contribution >= 0.6 is 0 Å². The van der Waals surface area contributed by atoms with E-state index in [2.05, 4.69) is 26.1 Å². The fraction of sp³-hybridized carbons (Fsp3) is 0.360. The van der Waals surface area contributed by atoms with E-state index in [1.54, 1.807) is 13.2 Å². The minimum Gasteiger partial charge on any atom is -0.495 e. The lowest BCUT2D eigenvalue weighted by atomic mass is 9.87. The molecule has 0 unspecified atom stereocenters. The van der Waals surface area contributed by atoms with Gasteiger partial charge < -0.3 is 19.2 Å². The van der Waals surface area contributed by atoms with Gasteiger partial charge in [0.1, 0.15) is 17.1 Å². The van der Waals surface area contributed by atoms with Crippen molar-refractivity contribution in [1.29, 1.82) is 0 Å². The van der Waals surface area contributed by atoms with Crippen molar-refractivity contribution >= 4 is 22.6 Å². The standard InChI is InChI=1S/C25H29NO5/c1-7-16-12-23(28)31-24-15(2)20(11-9-18(16)24)30-14-22(27)26-19-13-17(25(3,4)5)8-10-21(19)29-6/h8-13H,7,14H2,1-6H3,(H,26,27). The summed E-state index contributed by atoms with van der Waals surface area (Å²) in [6, 6.07) is 10.9. The van der Waals surface area contributed by atoms with Gasteiger partial charge in [0.15, 0.2) is 6.61 Å². The summed E-state index contributed by atoms with van der Waals surface area (Å²) in [5, 5.41) is 3.74. The third-order valence-corrected chi connectivity index (χ3v) is 5.28. The van der Waals surface area contributed by atoms with Crippen LogP contribution in [0.4, 0.5) is 5.69 Å². The van der Waals surface area contributed by atoms with E-state index >= 15 is 0 Å². The molecule has 1 aromatic heterocycles. The van der Waals surface area contributed by atoms with Gasteiger partial charge >= 0.3 is 5.63 Å². The third kappa shape index (κ3) is 4.90. The molecule has 6 nitrogen and oxygen atoms in total. The van der Waals surface area contributed by atoms with Crippen molar-refractivity contribution in [1.82, 2.24) is 0 Å². The molecule has 0 aliphatic rings. The van der Waals surface area contributed by atoms with Crippen LogP contribution in [0.2, 0.25) is 0 Å². The van der Waals surface area contributed by atoms with Crippen LogP contribution in [0, 0.1) is 6.92 Å². The maximum atomic E-state index is 12.6. The number of anilines is 1.